The number of benzene rings is 1. The maximum absolute atomic E-state index is 11.6. The average molecular weight is 210 g/mol. The van der Waals surface area contributed by atoms with Crippen molar-refractivity contribution in [1.82, 2.24) is 0 Å². The third-order valence-corrected chi connectivity index (χ3v) is 3.04. The maximum atomic E-state index is 11.6. The van der Waals surface area contributed by atoms with Crippen LogP contribution in [0.1, 0.15) is 25.0 Å². The second kappa shape index (κ2) is 2.99. The Balaban J connectivity index is 2.56. The normalized spacial score (nSPS) is 17.8. The number of alkyl halides is 1. The van der Waals surface area contributed by atoms with Gasteiger partial charge in [-0.25, -0.2) is 0 Å². The van der Waals surface area contributed by atoms with E-state index in [0.717, 1.165) is 16.8 Å². The van der Waals surface area contributed by atoms with Crippen LogP contribution in [0.5, 0.6) is 0 Å². The first-order valence-corrected chi connectivity index (χ1v) is 5.10. The van der Waals surface area contributed by atoms with E-state index in [4.69, 9.17) is 11.6 Å². The summed E-state index contributed by atoms with van der Waals surface area (Å²) in [6.45, 7) is 3.85. The summed E-state index contributed by atoms with van der Waals surface area (Å²) >= 11 is 5.75. The van der Waals surface area contributed by atoms with Crippen LogP contribution in [0.25, 0.3) is 0 Å². The maximum Gasteiger partial charge on any atom is 0.234 e. The largest absolute Gasteiger partial charge is 0.325 e. The number of anilines is 1. The van der Waals surface area contributed by atoms with Gasteiger partial charge < -0.3 is 5.32 Å². The molecule has 0 bridgehead atoms. The van der Waals surface area contributed by atoms with E-state index in [9.17, 15) is 4.79 Å². The van der Waals surface area contributed by atoms with Gasteiger partial charge in [0.1, 0.15) is 0 Å². The molecule has 2 rings (SSSR count). The van der Waals surface area contributed by atoms with Gasteiger partial charge in [0.15, 0.2) is 0 Å². The highest BCUT2D eigenvalue weighted by atomic mass is 35.5. The molecule has 3 heteroatoms. The number of amides is 1. The smallest absolute Gasteiger partial charge is 0.234 e. The van der Waals surface area contributed by atoms with Crippen molar-refractivity contribution in [3.05, 3.63) is 29.3 Å². The minimum absolute atomic E-state index is 0.0548. The standard InChI is InChI=1S/C11H12ClNO/c1-11(2)8-5-7(6-12)3-4-9(8)13-10(11)14/h3-5H,6H2,1-2H3,(H,13,14). The van der Waals surface area contributed by atoms with Gasteiger partial charge in [0.2, 0.25) is 5.91 Å². The highest BCUT2D eigenvalue weighted by molar-refractivity contribution is 6.17. The molecule has 0 saturated heterocycles. The molecule has 0 atom stereocenters. The molecule has 0 aliphatic carbocycles. The van der Waals surface area contributed by atoms with Gasteiger partial charge in [0.25, 0.3) is 0 Å². The molecule has 74 valence electrons. The zero-order valence-electron chi connectivity index (χ0n) is 8.23. The fourth-order valence-electron chi connectivity index (χ4n) is 1.70. The van der Waals surface area contributed by atoms with Crippen molar-refractivity contribution in [2.75, 3.05) is 5.32 Å². The SMILES string of the molecule is CC1(C)C(=O)Nc2ccc(CCl)cc21. The Morgan fingerprint density at radius 2 is 2.14 bits per heavy atom. The van der Waals surface area contributed by atoms with E-state index in [0.29, 0.717) is 5.88 Å². The zero-order chi connectivity index (χ0) is 10.3. The molecule has 0 spiro atoms. The Hall–Kier alpha value is -1.02. The summed E-state index contributed by atoms with van der Waals surface area (Å²) in [5.74, 6) is 0.539. The molecule has 1 heterocycles. The van der Waals surface area contributed by atoms with Gasteiger partial charge in [-0.1, -0.05) is 12.1 Å². The van der Waals surface area contributed by atoms with Crippen LogP contribution >= 0.6 is 11.6 Å². The predicted octanol–water partition coefficient (Wildman–Crippen LogP) is 2.66. The Morgan fingerprint density at radius 1 is 1.43 bits per heavy atom. The van der Waals surface area contributed by atoms with Gasteiger partial charge >= 0.3 is 0 Å². The number of hydrogen-bond donors (Lipinski definition) is 1. The van der Waals surface area contributed by atoms with Crippen LogP contribution < -0.4 is 5.32 Å². The summed E-state index contributed by atoms with van der Waals surface area (Å²) in [7, 11) is 0. The van der Waals surface area contributed by atoms with E-state index in [-0.39, 0.29) is 5.91 Å². The Kier molecular flexibility index (Phi) is 2.04. The lowest BCUT2D eigenvalue weighted by Gasteiger charge is -2.15. The van der Waals surface area contributed by atoms with E-state index in [2.05, 4.69) is 5.32 Å². The van der Waals surface area contributed by atoms with E-state index >= 15 is 0 Å². The fourth-order valence-corrected chi connectivity index (χ4v) is 1.87. The van der Waals surface area contributed by atoms with E-state index in [1.807, 2.05) is 32.0 Å². The molecule has 1 N–H and O–H groups in total. The van der Waals surface area contributed by atoms with Crippen molar-refractivity contribution in [3.63, 3.8) is 0 Å². The van der Waals surface area contributed by atoms with Crippen molar-refractivity contribution >= 4 is 23.2 Å². The summed E-state index contributed by atoms with van der Waals surface area (Å²) in [6, 6.07) is 5.85. The van der Waals surface area contributed by atoms with E-state index < -0.39 is 5.41 Å². The topological polar surface area (TPSA) is 29.1 Å². The van der Waals surface area contributed by atoms with Crippen LogP contribution in [0.15, 0.2) is 18.2 Å². The molecule has 1 aliphatic heterocycles. The number of hydrogen-bond acceptors (Lipinski definition) is 1. The van der Waals surface area contributed by atoms with Gasteiger partial charge in [-0.15, -0.1) is 11.6 Å². The molecule has 0 fully saturated rings. The van der Waals surface area contributed by atoms with Crippen molar-refractivity contribution in [1.29, 1.82) is 0 Å². The number of carbonyl (C=O) groups excluding carboxylic acids is 1. The summed E-state index contributed by atoms with van der Waals surface area (Å²) in [5, 5.41) is 2.86. The Bertz CT molecular complexity index is 398. The van der Waals surface area contributed by atoms with Crippen LogP contribution in [0.2, 0.25) is 0 Å². The number of carbonyl (C=O) groups is 1. The summed E-state index contributed by atoms with van der Waals surface area (Å²) in [4.78, 5) is 11.6. The highest BCUT2D eigenvalue weighted by Crippen LogP contribution is 2.37. The molecule has 0 unspecified atom stereocenters. The van der Waals surface area contributed by atoms with Gasteiger partial charge in [-0.05, 0) is 31.0 Å². The lowest BCUT2D eigenvalue weighted by atomic mass is 9.85. The molecule has 0 radical (unpaired) electrons. The van der Waals surface area contributed by atoms with Crippen molar-refractivity contribution in [2.45, 2.75) is 25.1 Å². The minimum Gasteiger partial charge on any atom is -0.325 e. The van der Waals surface area contributed by atoms with Crippen LogP contribution in [0.3, 0.4) is 0 Å². The molecule has 1 aromatic carbocycles. The second-order valence-corrected chi connectivity index (χ2v) is 4.36. The summed E-state index contributed by atoms with van der Waals surface area (Å²) in [5.41, 5.74) is 2.57. The van der Waals surface area contributed by atoms with Gasteiger partial charge in [-0.2, -0.15) is 0 Å². The van der Waals surface area contributed by atoms with Crippen molar-refractivity contribution < 1.29 is 4.79 Å². The zero-order valence-corrected chi connectivity index (χ0v) is 8.98. The lowest BCUT2D eigenvalue weighted by Crippen LogP contribution is -2.26. The minimum atomic E-state index is -0.433. The second-order valence-electron chi connectivity index (χ2n) is 4.09. The number of nitrogens with one attached hydrogen (secondary N) is 1. The van der Waals surface area contributed by atoms with Gasteiger partial charge in [0.05, 0.1) is 5.41 Å². The van der Waals surface area contributed by atoms with Crippen LogP contribution in [-0.4, -0.2) is 5.91 Å². The van der Waals surface area contributed by atoms with Crippen LogP contribution in [0, 0.1) is 0 Å². The third-order valence-electron chi connectivity index (χ3n) is 2.73. The van der Waals surface area contributed by atoms with Crippen LogP contribution in [0.4, 0.5) is 5.69 Å². The summed E-state index contributed by atoms with van der Waals surface area (Å²) in [6.07, 6.45) is 0. The fraction of sp³-hybridized carbons (Fsp3) is 0.364. The van der Waals surface area contributed by atoms with Gasteiger partial charge in [-0.3, -0.25) is 4.79 Å². The molecule has 0 saturated carbocycles. The molecule has 0 aromatic heterocycles. The molecule has 1 aliphatic rings. The summed E-state index contributed by atoms with van der Waals surface area (Å²) < 4.78 is 0. The monoisotopic (exact) mass is 209 g/mol. The Labute approximate surface area is 88.3 Å². The molecule has 1 aromatic rings. The van der Waals surface area contributed by atoms with Crippen LogP contribution in [-0.2, 0) is 16.1 Å². The molecule has 14 heavy (non-hydrogen) atoms. The number of fused-ring (bicyclic) bond motifs is 1. The quantitative estimate of drug-likeness (QED) is 0.708. The Morgan fingerprint density at radius 3 is 2.79 bits per heavy atom. The van der Waals surface area contributed by atoms with Crippen molar-refractivity contribution in [3.8, 4) is 0 Å². The van der Waals surface area contributed by atoms with E-state index in [1.54, 1.807) is 0 Å². The van der Waals surface area contributed by atoms with Gasteiger partial charge in [0, 0.05) is 11.6 Å². The first-order chi connectivity index (χ1) is 6.55. The predicted molar refractivity (Wildman–Crippen MR) is 57.7 cm³/mol. The van der Waals surface area contributed by atoms with Crippen molar-refractivity contribution in [2.24, 2.45) is 0 Å². The van der Waals surface area contributed by atoms with E-state index in [1.165, 1.54) is 0 Å². The average Bonchev–Trinajstić information content (AvgIpc) is 2.38. The lowest BCUT2D eigenvalue weighted by molar-refractivity contribution is -0.119. The number of halogens is 1. The number of rotatable bonds is 1. The third kappa shape index (κ3) is 1.22. The highest BCUT2D eigenvalue weighted by Gasteiger charge is 2.38. The molecular weight excluding hydrogens is 198 g/mol. The molecule has 2 nitrogen and oxygen atoms in total. The first kappa shape index (κ1) is 9.53. The first-order valence-electron chi connectivity index (χ1n) is 4.56. The molecule has 1 amide bonds. The molecular formula is C11H12ClNO.